The van der Waals surface area contributed by atoms with Crippen LogP contribution in [0.15, 0.2) is 279 Å². The van der Waals surface area contributed by atoms with E-state index in [0.717, 1.165) is 22.7 Å². The molecule has 12 aromatic carbocycles. The molecule has 0 saturated heterocycles. The number of aromatic nitrogens is 1. The lowest BCUT2D eigenvalue weighted by atomic mass is 9.67. The van der Waals surface area contributed by atoms with Crippen LogP contribution >= 0.6 is 0 Å². The molecule has 2 heteroatoms. The Bertz CT molecular complexity index is 4370. The van der Waals surface area contributed by atoms with Gasteiger partial charge in [-0.15, -0.1) is 0 Å². The summed E-state index contributed by atoms with van der Waals surface area (Å²) in [6, 6.07) is 104. The lowest BCUT2D eigenvalue weighted by Crippen LogP contribution is -2.28. The largest absolute Gasteiger partial charge is 0.310 e. The topological polar surface area (TPSA) is 8.17 Å². The monoisotopic (exact) mass is 968 g/mol. The van der Waals surface area contributed by atoms with Crippen molar-refractivity contribution in [1.29, 1.82) is 0 Å². The van der Waals surface area contributed by atoms with E-state index in [1.54, 1.807) is 0 Å². The van der Waals surface area contributed by atoms with Gasteiger partial charge in [-0.3, -0.25) is 0 Å². The van der Waals surface area contributed by atoms with E-state index in [0.29, 0.717) is 0 Å². The van der Waals surface area contributed by atoms with Crippen LogP contribution in [0.3, 0.4) is 0 Å². The average molecular weight is 969 g/mol. The maximum atomic E-state index is 2.50. The van der Waals surface area contributed by atoms with Crippen molar-refractivity contribution in [3.8, 4) is 50.2 Å². The third kappa shape index (κ3) is 6.60. The number of fused-ring (bicyclic) bond motifs is 10. The summed E-state index contributed by atoms with van der Waals surface area (Å²) in [5.74, 6) is 0. The first-order valence-electron chi connectivity index (χ1n) is 26.6. The lowest BCUT2D eigenvalue weighted by Gasteiger charge is -2.34. The molecular formula is C74H52N2. The molecule has 76 heavy (non-hydrogen) atoms. The average Bonchev–Trinajstić information content (AvgIpc) is 4.15. The molecule has 0 amide bonds. The summed E-state index contributed by atoms with van der Waals surface area (Å²) in [5.41, 5.74) is 24.2. The normalized spacial score (nSPS) is 13.6. The quantitative estimate of drug-likeness (QED) is 0.147. The van der Waals surface area contributed by atoms with E-state index in [2.05, 4.69) is 302 Å². The van der Waals surface area contributed by atoms with Crippen LogP contribution in [0.5, 0.6) is 0 Å². The van der Waals surface area contributed by atoms with Crippen LogP contribution in [0, 0.1) is 0 Å². The van der Waals surface area contributed by atoms with Crippen LogP contribution in [0.4, 0.5) is 17.1 Å². The first-order chi connectivity index (χ1) is 37.4. The Kier molecular flexibility index (Phi) is 9.86. The van der Waals surface area contributed by atoms with Gasteiger partial charge < -0.3 is 9.47 Å². The van der Waals surface area contributed by atoms with Crippen molar-refractivity contribution in [2.24, 2.45) is 0 Å². The van der Waals surface area contributed by atoms with Gasteiger partial charge in [0.15, 0.2) is 0 Å². The van der Waals surface area contributed by atoms with Gasteiger partial charge in [0.25, 0.3) is 0 Å². The minimum absolute atomic E-state index is 0.120. The fourth-order valence-electron chi connectivity index (χ4n) is 13.3. The summed E-state index contributed by atoms with van der Waals surface area (Å²) >= 11 is 0. The Morgan fingerprint density at radius 3 is 1.49 bits per heavy atom. The first kappa shape index (κ1) is 44.0. The van der Waals surface area contributed by atoms with Crippen molar-refractivity contribution in [3.05, 3.63) is 312 Å². The van der Waals surface area contributed by atoms with Gasteiger partial charge in [0.2, 0.25) is 0 Å². The van der Waals surface area contributed by atoms with E-state index < -0.39 is 5.41 Å². The van der Waals surface area contributed by atoms with Gasteiger partial charge in [0, 0.05) is 38.9 Å². The van der Waals surface area contributed by atoms with Gasteiger partial charge in [-0.1, -0.05) is 214 Å². The highest BCUT2D eigenvalue weighted by atomic mass is 15.1. The predicted molar refractivity (Wildman–Crippen MR) is 319 cm³/mol. The molecule has 0 spiro atoms. The highest BCUT2D eigenvalue weighted by Crippen LogP contribution is 2.57. The van der Waals surface area contributed by atoms with Crippen LogP contribution in [0.25, 0.3) is 82.8 Å². The number of hydrogen-bond donors (Lipinski definition) is 0. The molecule has 13 aromatic rings. The number of benzene rings is 12. The van der Waals surface area contributed by atoms with Gasteiger partial charge in [0.1, 0.15) is 0 Å². The van der Waals surface area contributed by atoms with Crippen molar-refractivity contribution in [1.82, 2.24) is 4.57 Å². The standard InChI is InChI=1S/C74H52N2/c1-73(2)67-27-15-12-24-61(67)64-41-40-60(48-70(64)73)75(58-37-32-50(33-38-58)49-18-6-3-7-19-49)59-39-34-52-44-51(30-31-53(52)45-59)54-35-42-71-65(46-54)66-47-56(36-43-72(66)76(71)57-22-10-5-11-23-57)74(55-20-8-4-9-21-55)68-28-16-13-25-62(68)63-26-14-17-29-69(63)74/h3-48H,1-2H3. The SMILES string of the molecule is CC1(C)c2ccccc2-c2ccc(N(c3ccc(-c4ccccc4)cc3)c3ccc4cc(-c5ccc6c(c5)c5cc(C7(c8ccccc8)c8ccccc8-c8ccccc87)ccc5n6-c5ccccc5)ccc4c3)cc21. The Morgan fingerprint density at radius 1 is 0.303 bits per heavy atom. The van der Waals surface area contributed by atoms with Crippen molar-refractivity contribution in [3.63, 3.8) is 0 Å². The Balaban J connectivity index is 0.865. The van der Waals surface area contributed by atoms with Crippen LogP contribution in [0.1, 0.15) is 47.2 Å². The van der Waals surface area contributed by atoms with Crippen molar-refractivity contribution in [2.75, 3.05) is 4.90 Å². The third-order valence-corrected chi connectivity index (χ3v) is 16.8. The Labute approximate surface area is 444 Å². The summed E-state index contributed by atoms with van der Waals surface area (Å²) < 4.78 is 2.44. The molecule has 2 aliphatic carbocycles. The molecule has 0 fully saturated rings. The van der Waals surface area contributed by atoms with E-state index in [-0.39, 0.29) is 5.41 Å². The van der Waals surface area contributed by atoms with Crippen LogP contribution in [0.2, 0.25) is 0 Å². The zero-order valence-corrected chi connectivity index (χ0v) is 42.5. The summed E-state index contributed by atoms with van der Waals surface area (Å²) in [7, 11) is 0. The number of anilines is 3. The summed E-state index contributed by atoms with van der Waals surface area (Å²) in [6.45, 7) is 4.72. The van der Waals surface area contributed by atoms with Crippen LogP contribution in [-0.4, -0.2) is 4.57 Å². The second kappa shape index (κ2) is 17.0. The van der Waals surface area contributed by atoms with Crippen LogP contribution in [-0.2, 0) is 10.8 Å². The van der Waals surface area contributed by atoms with Crippen molar-refractivity contribution < 1.29 is 0 Å². The number of para-hydroxylation sites is 1. The Morgan fingerprint density at radius 2 is 0.776 bits per heavy atom. The van der Waals surface area contributed by atoms with E-state index in [1.165, 1.54) is 110 Å². The zero-order valence-electron chi connectivity index (χ0n) is 42.5. The molecule has 2 aliphatic rings. The van der Waals surface area contributed by atoms with E-state index in [9.17, 15) is 0 Å². The molecular weight excluding hydrogens is 917 g/mol. The number of rotatable bonds is 8. The minimum Gasteiger partial charge on any atom is -0.310 e. The fraction of sp³-hybridized carbons (Fsp3) is 0.0541. The molecule has 0 N–H and O–H groups in total. The van der Waals surface area contributed by atoms with Gasteiger partial charge in [-0.25, -0.2) is 0 Å². The van der Waals surface area contributed by atoms with Gasteiger partial charge in [-0.05, 0) is 168 Å². The Hall–Kier alpha value is -9.50. The molecule has 2 nitrogen and oxygen atoms in total. The summed E-state index contributed by atoms with van der Waals surface area (Å²) in [5, 5.41) is 4.85. The summed E-state index contributed by atoms with van der Waals surface area (Å²) in [4.78, 5) is 2.43. The smallest absolute Gasteiger partial charge is 0.0713 e. The minimum atomic E-state index is -0.497. The fourth-order valence-corrected chi connectivity index (χ4v) is 13.3. The second-order valence-electron chi connectivity index (χ2n) is 21.2. The maximum absolute atomic E-state index is 2.50. The molecule has 1 aromatic heterocycles. The van der Waals surface area contributed by atoms with E-state index in [4.69, 9.17) is 0 Å². The molecule has 0 atom stereocenters. The molecule has 0 saturated carbocycles. The molecule has 0 radical (unpaired) electrons. The van der Waals surface area contributed by atoms with Gasteiger partial charge >= 0.3 is 0 Å². The second-order valence-corrected chi connectivity index (χ2v) is 21.2. The molecule has 0 aliphatic heterocycles. The molecule has 15 rings (SSSR count). The van der Waals surface area contributed by atoms with E-state index in [1.807, 2.05) is 0 Å². The maximum Gasteiger partial charge on any atom is 0.0713 e. The molecule has 0 unspecified atom stereocenters. The summed E-state index contributed by atoms with van der Waals surface area (Å²) in [6.07, 6.45) is 0. The molecule has 358 valence electrons. The number of nitrogens with zero attached hydrogens (tertiary/aromatic N) is 2. The highest BCUT2D eigenvalue weighted by Gasteiger charge is 2.46. The number of hydrogen-bond acceptors (Lipinski definition) is 1. The highest BCUT2D eigenvalue weighted by molar-refractivity contribution is 6.11. The molecule has 1 heterocycles. The van der Waals surface area contributed by atoms with Crippen molar-refractivity contribution >= 4 is 49.6 Å². The predicted octanol–water partition coefficient (Wildman–Crippen LogP) is 19.4. The van der Waals surface area contributed by atoms with Gasteiger partial charge in [0.05, 0.1) is 16.4 Å². The van der Waals surface area contributed by atoms with Gasteiger partial charge in [-0.2, -0.15) is 0 Å². The first-order valence-corrected chi connectivity index (χ1v) is 26.6. The zero-order chi connectivity index (χ0) is 50.5. The van der Waals surface area contributed by atoms with Crippen molar-refractivity contribution in [2.45, 2.75) is 24.7 Å². The molecule has 0 bridgehead atoms. The third-order valence-electron chi connectivity index (χ3n) is 16.8. The van der Waals surface area contributed by atoms with Crippen LogP contribution < -0.4 is 4.90 Å². The lowest BCUT2D eigenvalue weighted by molar-refractivity contribution is 0.660. The van der Waals surface area contributed by atoms with E-state index >= 15 is 0 Å².